The summed E-state index contributed by atoms with van der Waals surface area (Å²) in [7, 11) is 1.27. The van der Waals surface area contributed by atoms with Gasteiger partial charge < -0.3 is 25.6 Å². The zero-order chi connectivity index (χ0) is 18.7. The molecule has 8 nitrogen and oxygen atoms in total. The number of carbonyl (C=O) groups is 1. The van der Waals surface area contributed by atoms with Crippen LogP contribution in [0.2, 0.25) is 5.15 Å². The van der Waals surface area contributed by atoms with Gasteiger partial charge in [0.1, 0.15) is 0 Å². The SMILES string of the molecule is C/C=C1\CN(c2nc(N)c(C(=O)OC)nc2Cl)CCN1C1CCNCC1. The number of piperidine rings is 1. The summed E-state index contributed by atoms with van der Waals surface area (Å²) in [6.45, 7) is 6.52. The standard InChI is InChI=1S/C17H25ClN6O2/c1-3-11-10-23(8-9-24(11)12-4-6-20-7-5-12)16-14(18)21-13(15(19)22-16)17(25)26-2/h3,12,20H,4-10H2,1-2H3,(H2,19,22)/b11-3+. The Balaban J connectivity index is 1.79. The maximum absolute atomic E-state index is 11.7. The number of anilines is 2. The molecule has 1 aromatic heterocycles. The number of esters is 1. The summed E-state index contributed by atoms with van der Waals surface area (Å²) in [6, 6.07) is 0.568. The molecule has 0 aliphatic carbocycles. The Morgan fingerprint density at radius 3 is 2.73 bits per heavy atom. The van der Waals surface area contributed by atoms with E-state index in [-0.39, 0.29) is 16.7 Å². The van der Waals surface area contributed by atoms with E-state index < -0.39 is 5.97 Å². The number of hydrogen-bond donors (Lipinski definition) is 2. The molecule has 0 amide bonds. The molecule has 3 heterocycles. The molecule has 2 aliphatic heterocycles. The lowest BCUT2D eigenvalue weighted by Gasteiger charge is -2.44. The first-order valence-electron chi connectivity index (χ1n) is 8.84. The summed E-state index contributed by atoms with van der Waals surface area (Å²) in [5.74, 6) is -0.117. The number of aromatic nitrogens is 2. The Morgan fingerprint density at radius 2 is 2.08 bits per heavy atom. The molecule has 3 N–H and O–H groups in total. The Morgan fingerprint density at radius 1 is 1.35 bits per heavy atom. The van der Waals surface area contributed by atoms with E-state index in [0.717, 1.165) is 39.0 Å². The number of hydrogen-bond acceptors (Lipinski definition) is 8. The third kappa shape index (κ3) is 3.71. The van der Waals surface area contributed by atoms with Gasteiger partial charge in [0.05, 0.1) is 13.7 Å². The van der Waals surface area contributed by atoms with E-state index in [1.807, 2.05) is 0 Å². The molecule has 26 heavy (non-hydrogen) atoms. The molecule has 142 valence electrons. The van der Waals surface area contributed by atoms with Crippen molar-refractivity contribution in [2.45, 2.75) is 25.8 Å². The van der Waals surface area contributed by atoms with E-state index in [0.29, 0.717) is 18.4 Å². The summed E-state index contributed by atoms with van der Waals surface area (Å²) in [6.07, 6.45) is 4.44. The normalized spacial score (nSPS) is 20.5. The van der Waals surface area contributed by atoms with Crippen molar-refractivity contribution in [2.24, 2.45) is 0 Å². The monoisotopic (exact) mass is 380 g/mol. The van der Waals surface area contributed by atoms with Crippen molar-refractivity contribution in [3.8, 4) is 0 Å². The first-order chi connectivity index (χ1) is 12.5. The smallest absolute Gasteiger partial charge is 0.360 e. The minimum absolute atomic E-state index is 0.0269. The third-order valence-electron chi connectivity index (χ3n) is 4.96. The Kier molecular flexibility index (Phi) is 5.83. The predicted molar refractivity (Wildman–Crippen MR) is 101 cm³/mol. The van der Waals surface area contributed by atoms with Crippen molar-refractivity contribution in [1.82, 2.24) is 20.2 Å². The fourth-order valence-corrected chi connectivity index (χ4v) is 3.82. The minimum atomic E-state index is -0.645. The molecule has 0 spiro atoms. The number of methoxy groups -OCH3 is 1. The van der Waals surface area contributed by atoms with Gasteiger partial charge in [0.15, 0.2) is 22.5 Å². The number of nitrogens with zero attached hydrogens (tertiary/aromatic N) is 4. The lowest BCUT2D eigenvalue weighted by atomic mass is 10.0. The molecule has 0 radical (unpaired) electrons. The molecular weight excluding hydrogens is 356 g/mol. The van der Waals surface area contributed by atoms with E-state index in [1.54, 1.807) is 0 Å². The van der Waals surface area contributed by atoms with E-state index in [4.69, 9.17) is 17.3 Å². The van der Waals surface area contributed by atoms with Gasteiger partial charge in [0, 0.05) is 24.8 Å². The lowest BCUT2D eigenvalue weighted by molar-refractivity contribution is 0.0595. The van der Waals surface area contributed by atoms with Crippen molar-refractivity contribution in [1.29, 1.82) is 0 Å². The zero-order valence-electron chi connectivity index (χ0n) is 15.2. The summed E-state index contributed by atoms with van der Waals surface area (Å²) >= 11 is 6.29. The molecule has 0 bridgehead atoms. The largest absolute Gasteiger partial charge is 0.464 e. The van der Waals surface area contributed by atoms with Crippen LogP contribution in [0.1, 0.15) is 30.3 Å². The van der Waals surface area contributed by atoms with Gasteiger partial charge in [0.2, 0.25) is 0 Å². The van der Waals surface area contributed by atoms with Crippen LogP contribution in [0.25, 0.3) is 0 Å². The van der Waals surface area contributed by atoms with Gasteiger partial charge in [-0.25, -0.2) is 14.8 Å². The third-order valence-corrected chi connectivity index (χ3v) is 5.21. The molecule has 3 rings (SSSR count). The van der Waals surface area contributed by atoms with Gasteiger partial charge in [-0.2, -0.15) is 0 Å². The highest BCUT2D eigenvalue weighted by Crippen LogP contribution is 2.29. The van der Waals surface area contributed by atoms with Crippen LogP contribution in [0.15, 0.2) is 11.8 Å². The van der Waals surface area contributed by atoms with Crippen molar-refractivity contribution in [3.63, 3.8) is 0 Å². The second-order valence-electron chi connectivity index (χ2n) is 6.44. The van der Waals surface area contributed by atoms with Crippen LogP contribution in [-0.4, -0.2) is 66.7 Å². The first-order valence-corrected chi connectivity index (χ1v) is 9.21. The summed E-state index contributed by atoms with van der Waals surface area (Å²) in [5, 5.41) is 3.57. The fraction of sp³-hybridized carbons (Fsp3) is 0.588. The predicted octanol–water partition coefficient (Wildman–Crippen LogP) is 1.28. The minimum Gasteiger partial charge on any atom is -0.464 e. The number of ether oxygens (including phenoxy) is 1. The number of nitrogen functional groups attached to an aromatic ring is 1. The van der Waals surface area contributed by atoms with E-state index >= 15 is 0 Å². The highest BCUT2D eigenvalue weighted by atomic mass is 35.5. The highest BCUT2D eigenvalue weighted by Gasteiger charge is 2.30. The molecule has 9 heteroatoms. The molecule has 0 atom stereocenters. The van der Waals surface area contributed by atoms with E-state index in [9.17, 15) is 4.79 Å². The molecule has 2 saturated heterocycles. The lowest BCUT2D eigenvalue weighted by Crippen LogP contribution is -2.51. The number of allylic oxidation sites excluding steroid dienone is 1. The van der Waals surface area contributed by atoms with Crippen molar-refractivity contribution in [2.75, 3.05) is 50.5 Å². The van der Waals surface area contributed by atoms with Crippen LogP contribution in [0.4, 0.5) is 11.6 Å². The number of halogens is 1. The van der Waals surface area contributed by atoms with E-state index in [1.165, 1.54) is 12.8 Å². The maximum Gasteiger partial charge on any atom is 0.360 e. The van der Waals surface area contributed by atoms with Gasteiger partial charge >= 0.3 is 5.97 Å². The number of carbonyl (C=O) groups excluding carboxylic acids is 1. The van der Waals surface area contributed by atoms with E-state index in [2.05, 4.69) is 42.8 Å². The second kappa shape index (κ2) is 8.09. The first kappa shape index (κ1) is 18.7. The topological polar surface area (TPSA) is 96.6 Å². The fourth-order valence-electron chi connectivity index (χ4n) is 3.58. The van der Waals surface area contributed by atoms with Gasteiger partial charge in [-0.1, -0.05) is 17.7 Å². The molecule has 2 fully saturated rings. The summed E-state index contributed by atoms with van der Waals surface area (Å²) in [4.78, 5) is 24.7. The summed E-state index contributed by atoms with van der Waals surface area (Å²) < 4.78 is 4.66. The van der Waals surface area contributed by atoms with Crippen LogP contribution < -0.4 is 16.0 Å². The van der Waals surface area contributed by atoms with Crippen LogP contribution in [-0.2, 0) is 4.74 Å². The Labute approximate surface area is 158 Å². The molecular formula is C17H25ClN6O2. The molecule has 0 unspecified atom stereocenters. The van der Waals surface area contributed by atoms with Crippen molar-refractivity contribution < 1.29 is 9.53 Å². The number of nitrogens with one attached hydrogen (secondary N) is 1. The average Bonchev–Trinajstić information content (AvgIpc) is 2.69. The molecule has 0 saturated carbocycles. The quantitative estimate of drug-likeness (QED) is 0.757. The Hall–Kier alpha value is -2.06. The van der Waals surface area contributed by atoms with Crippen molar-refractivity contribution in [3.05, 3.63) is 22.6 Å². The number of nitrogens with two attached hydrogens (primary N) is 1. The second-order valence-corrected chi connectivity index (χ2v) is 6.80. The zero-order valence-corrected chi connectivity index (χ0v) is 15.9. The van der Waals surface area contributed by atoms with Crippen LogP contribution >= 0.6 is 11.6 Å². The van der Waals surface area contributed by atoms with Crippen LogP contribution in [0.5, 0.6) is 0 Å². The molecule has 0 aromatic carbocycles. The van der Waals surface area contributed by atoms with Gasteiger partial charge in [-0.05, 0) is 32.9 Å². The maximum atomic E-state index is 11.7. The Bertz CT molecular complexity index is 705. The van der Waals surface area contributed by atoms with Crippen LogP contribution in [0.3, 0.4) is 0 Å². The molecule has 1 aromatic rings. The number of piperazine rings is 1. The van der Waals surface area contributed by atoms with Gasteiger partial charge in [-0.15, -0.1) is 0 Å². The van der Waals surface area contributed by atoms with Crippen LogP contribution in [0, 0.1) is 0 Å². The number of rotatable bonds is 3. The van der Waals surface area contributed by atoms with Gasteiger partial charge in [0.25, 0.3) is 0 Å². The van der Waals surface area contributed by atoms with Crippen molar-refractivity contribution >= 4 is 29.2 Å². The summed E-state index contributed by atoms with van der Waals surface area (Å²) in [5.41, 5.74) is 7.09. The highest BCUT2D eigenvalue weighted by molar-refractivity contribution is 6.32. The molecule has 2 aliphatic rings. The average molecular weight is 381 g/mol. The van der Waals surface area contributed by atoms with Gasteiger partial charge in [-0.3, -0.25) is 0 Å².